The van der Waals surface area contributed by atoms with Crippen LogP contribution in [0, 0.1) is 6.92 Å². The Balaban J connectivity index is 2.05. The fourth-order valence-corrected chi connectivity index (χ4v) is 5.55. The van der Waals surface area contributed by atoms with Gasteiger partial charge in [0.25, 0.3) is 0 Å². The summed E-state index contributed by atoms with van der Waals surface area (Å²) in [5.74, 6) is 0. The maximum Gasteiger partial charge on any atom is 0.0620 e. The molecule has 0 atom stereocenters. The third kappa shape index (κ3) is 2.23. The van der Waals surface area contributed by atoms with Gasteiger partial charge < -0.3 is 4.40 Å². The van der Waals surface area contributed by atoms with Gasteiger partial charge in [0.1, 0.15) is 0 Å². The van der Waals surface area contributed by atoms with Gasteiger partial charge in [-0.25, -0.2) is 0 Å². The van der Waals surface area contributed by atoms with E-state index in [2.05, 4.69) is 121 Å². The Labute approximate surface area is 185 Å². The van der Waals surface area contributed by atoms with Crippen LogP contribution in [0.4, 0.5) is 0 Å². The summed E-state index contributed by atoms with van der Waals surface area (Å²) in [4.78, 5) is 0. The minimum Gasteiger partial charge on any atom is -0.308 e. The monoisotopic (exact) mass is 407 g/mol. The van der Waals surface area contributed by atoms with E-state index >= 15 is 0 Å². The van der Waals surface area contributed by atoms with E-state index in [1.165, 1.54) is 65.2 Å². The first-order valence-electron chi connectivity index (χ1n) is 11.1. The molecule has 0 N–H and O–H groups in total. The number of aryl methyl sites for hydroxylation is 1. The van der Waals surface area contributed by atoms with Crippen LogP contribution in [0.5, 0.6) is 0 Å². The van der Waals surface area contributed by atoms with Crippen LogP contribution in [0.3, 0.4) is 0 Å². The number of rotatable bonds is 0. The van der Waals surface area contributed by atoms with Gasteiger partial charge in [-0.2, -0.15) is 0 Å². The molecule has 2 heterocycles. The van der Waals surface area contributed by atoms with Crippen molar-refractivity contribution in [3.05, 3.63) is 115 Å². The lowest BCUT2D eigenvalue weighted by atomic mass is 10.0. The molecule has 0 spiro atoms. The highest BCUT2D eigenvalue weighted by Crippen LogP contribution is 2.38. The van der Waals surface area contributed by atoms with Gasteiger partial charge in [-0.05, 0) is 40.1 Å². The van der Waals surface area contributed by atoms with Crippen molar-refractivity contribution in [1.82, 2.24) is 4.40 Å². The van der Waals surface area contributed by atoms with Crippen LogP contribution in [0.2, 0.25) is 0 Å². The van der Waals surface area contributed by atoms with E-state index in [1.54, 1.807) is 0 Å². The van der Waals surface area contributed by atoms with Gasteiger partial charge in [-0.1, -0.05) is 103 Å². The van der Waals surface area contributed by atoms with Gasteiger partial charge in [0, 0.05) is 21.5 Å². The summed E-state index contributed by atoms with van der Waals surface area (Å²) < 4.78 is 2.50. The van der Waals surface area contributed by atoms with Gasteiger partial charge in [0.15, 0.2) is 0 Å². The average molecular weight is 408 g/mol. The van der Waals surface area contributed by atoms with Crippen molar-refractivity contribution < 1.29 is 0 Å². The summed E-state index contributed by atoms with van der Waals surface area (Å²) >= 11 is 0. The minimum atomic E-state index is 1.23. The molecule has 2 aromatic heterocycles. The van der Waals surface area contributed by atoms with Crippen LogP contribution in [-0.4, -0.2) is 4.40 Å². The normalized spacial score (nSPS) is 11.9. The van der Waals surface area contributed by atoms with Gasteiger partial charge in [0.05, 0.1) is 16.6 Å². The topological polar surface area (TPSA) is 4.41 Å². The van der Waals surface area contributed by atoms with Crippen molar-refractivity contribution in [2.24, 2.45) is 0 Å². The quantitative estimate of drug-likeness (QED) is 0.237. The van der Waals surface area contributed by atoms with Gasteiger partial charge in [-0.3, -0.25) is 0 Å². The second kappa shape index (κ2) is 6.45. The smallest absolute Gasteiger partial charge is 0.0620 e. The fourth-order valence-electron chi connectivity index (χ4n) is 5.55. The van der Waals surface area contributed by atoms with Crippen molar-refractivity contribution in [3.8, 4) is 0 Å². The Hall–Kier alpha value is -4.10. The van der Waals surface area contributed by atoms with E-state index in [0.717, 1.165) is 0 Å². The molecule has 0 aliphatic heterocycles. The molecular weight excluding hydrogens is 386 g/mol. The number of benzene rings is 5. The second-order valence-electron chi connectivity index (χ2n) is 8.62. The molecule has 0 unspecified atom stereocenters. The van der Waals surface area contributed by atoms with E-state index in [0.29, 0.717) is 0 Å². The first-order chi connectivity index (χ1) is 15.8. The van der Waals surface area contributed by atoms with Crippen LogP contribution in [0.1, 0.15) is 5.56 Å². The Morgan fingerprint density at radius 3 is 1.44 bits per heavy atom. The molecule has 150 valence electrons. The molecular formula is C31H21N. The largest absolute Gasteiger partial charge is 0.308 e. The molecule has 0 saturated heterocycles. The summed E-state index contributed by atoms with van der Waals surface area (Å²) in [7, 11) is 0. The van der Waals surface area contributed by atoms with Crippen molar-refractivity contribution in [1.29, 1.82) is 0 Å². The first-order valence-corrected chi connectivity index (χ1v) is 11.1. The molecule has 7 aromatic rings. The van der Waals surface area contributed by atoms with E-state index in [9.17, 15) is 0 Å². The fraction of sp³-hybridized carbons (Fsp3) is 0.0323. The maximum atomic E-state index is 2.50. The highest BCUT2D eigenvalue weighted by molar-refractivity contribution is 6.25. The Morgan fingerprint density at radius 2 is 0.781 bits per heavy atom. The molecule has 1 heteroatoms. The number of aromatic nitrogens is 1. The Kier molecular flexibility index (Phi) is 3.54. The van der Waals surface area contributed by atoms with E-state index in [1.807, 2.05) is 0 Å². The standard InChI is InChI=1S/C31H21N/c1-20-10-8-16-27-28-18-9-17-26-24-14-5-3-12-22(24)21-11-2-4-13-23(21)25-15-6-7-19-29(25)32(30(20)27)31(26)28/h2-19H,1H3. The van der Waals surface area contributed by atoms with Crippen LogP contribution in [0.15, 0.2) is 109 Å². The molecule has 5 aromatic carbocycles. The number of para-hydroxylation sites is 3. The van der Waals surface area contributed by atoms with Gasteiger partial charge in [-0.15, -0.1) is 0 Å². The summed E-state index contributed by atoms with van der Waals surface area (Å²) in [6.07, 6.45) is 0. The predicted octanol–water partition coefficient (Wildman–Crippen LogP) is 8.58. The molecule has 0 fully saturated rings. The molecule has 0 aliphatic rings. The third-order valence-corrected chi connectivity index (χ3v) is 6.88. The van der Waals surface area contributed by atoms with Crippen LogP contribution < -0.4 is 0 Å². The van der Waals surface area contributed by atoms with Crippen LogP contribution >= 0.6 is 0 Å². The van der Waals surface area contributed by atoms with E-state index < -0.39 is 0 Å². The second-order valence-corrected chi connectivity index (χ2v) is 8.62. The zero-order chi connectivity index (χ0) is 21.2. The Bertz CT molecular complexity index is 1890. The summed E-state index contributed by atoms with van der Waals surface area (Å²) in [6, 6.07) is 39.9. The lowest BCUT2D eigenvalue weighted by Crippen LogP contribution is -1.88. The number of fused-ring (bicyclic) bond motifs is 10. The molecule has 0 amide bonds. The Morgan fingerprint density at radius 1 is 0.375 bits per heavy atom. The number of hydrogen-bond acceptors (Lipinski definition) is 0. The molecule has 7 rings (SSSR count). The highest BCUT2D eigenvalue weighted by Gasteiger charge is 2.15. The maximum absolute atomic E-state index is 2.50. The molecule has 0 radical (unpaired) electrons. The number of nitrogens with zero attached hydrogens (tertiary/aromatic N) is 1. The SMILES string of the molecule is Cc1cccc2c3cccc4c5ccccc5c5ccccc5c5ccccc5n(c12)c43. The molecule has 0 saturated carbocycles. The summed E-state index contributed by atoms with van der Waals surface area (Å²) in [6.45, 7) is 2.22. The average Bonchev–Trinajstić information content (AvgIpc) is 3.21. The van der Waals surface area contributed by atoms with Crippen molar-refractivity contribution in [3.63, 3.8) is 0 Å². The van der Waals surface area contributed by atoms with Crippen molar-refractivity contribution >= 4 is 59.6 Å². The zero-order valence-corrected chi connectivity index (χ0v) is 17.8. The highest BCUT2D eigenvalue weighted by atomic mass is 14.9. The first kappa shape index (κ1) is 17.6. The number of hydrogen-bond donors (Lipinski definition) is 0. The van der Waals surface area contributed by atoms with Crippen LogP contribution in [0.25, 0.3) is 59.6 Å². The van der Waals surface area contributed by atoms with E-state index in [4.69, 9.17) is 0 Å². The van der Waals surface area contributed by atoms with Crippen molar-refractivity contribution in [2.45, 2.75) is 6.92 Å². The molecule has 0 bridgehead atoms. The summed E-state index contributed by atoms with van der Waals surface area (Å²) in [5, 5.41) is 10.3. The lowest BCUT2D eigenvalue weighted by molar-refractivity contribution is 1.32. The predicted molar refractivity (Wildman–Crippen MR) is 138 cm³/mol. The lowest BCUT2D eigenvalue weighted by Gasteiger charge is -2.05. The van der Waals surface area contributed by atoms with E-state index in [-0.39, 0.29) is 0 Å². The van der Waals surface area contributed by atoms with Crippen LogP contribution in [-0.2, 0) is 0 Å². The molecule has 0 aliphatic carbocycles. The molecule has 1 nitrogen and oxygen atoms in total. The molecule has 32 heavy (non-hydrogen) atoms. The van der Waals surface area contributed by atoms with Crippen molar-refractivity contribution in [2.75, 3.05) is 0 Å². The van der Waals surface area contributed by atoms with Gasteiger partial charge in [0.2, 0.25) is 0 Å². The van der Waals surface area contributed by atoms with Gasteiger partial charge >= 0.3 is 0 Å². The summed E-state index contributed by atoms with van der Waals surface area (Å²) in [5.41, 5.74) is 5.10. The zero-order valence-electron chi connectivity index (χ0n) is 17.8. The minimum absolute atomic E-state index is 1.23. The third-order valence-electron chi connectivity index (χ3n) is 6.88.